The minimum absolute atomic E-state index is 0.00535. The molecule has 0 aliphatic heterocycles. The predicted molar refractivity (Wildman–Crippen MR) is 66.8 cm³/mol. The van der Waals surface area contributed by atoms with Gasteiger partial charge in [0.25, 0.3) is 0 Å². The average Bonchev–Trinajstić information content (AvgIpc) is 2.32. The number of hydrogen-bond donors (Lipinski definition) is 0. The zero-order chi connectivity index (χ0) is 12.4. The van der Waals surface area contributed by atoms with Crippen LogP contribution in [0.25, 0.3) is 0 Å². The largest absolute Gasteiger partial charge is 0.288 e. The Balaban J connectivity index is 2.44. The zero-order valence-electron chi connectivity index (χ0n) is 8.45. The van der Waals surface area contributed by atoms with Gasteiger partial charge in [0.1, 0.15) is 0 Å². The first-order chi connectivity index (χ1) is 8.09. The molecule has 17 heavy (non-hydrogen) atoms. The molecule has 5 heteroatoms. The SMILES string of the molecule is O=C(c1ccc(Cl)c(Br)c1)c1ccncc1F. The summed E-state index contributed by atoms with van der Waals surface area (Å²) in [6.07, 6.45) is 2.39. The Bertz CT molecular complexity index is 588. The van der Waals surface area contributed by atoms with Crippen molar-refractivity contribution in [1.29, 1.82) is 0 Å². The molecule has 86 valence electrons. The molecule has 0 aliphatic carbocycles. The van der Waals surface area contributed by atoms with Gasteiger partial charge in [-0.25, -0.2) is 4.39 Å². The van der Waals surface area contributed by atoms with Crippen LogP contribution in [0.15, 0.2) is 41.1 Å². The monoisotopic (exact) mass is 313 g/mol. The van der Waals surface area contributed by atoms with E-state index in [1.54, 1.807) is 18.2 Å². The van der Waals surface area contributed by atoms with Crippen molar-refractivity contribution in [2.45, 2.75) is 0 Å². The fourth-order valence-electron chi connectivity index (χ4n) is 1.35. The smallest absolute Gasteiger partial charge is 0.196 e. The second-order valence-corrected chi connectivity index (χ2v) is 4.58. The Kier molecular flexibility index (Phi) is 3.54. The van der Waals surface area contributed by atoms with Crippen LogP contribution in [0.5, 0.6) is 0 Å². The van der Waals surface area contributed by atoms with E-state index >= 15 is 0 Å². The molecule has 0 atom stereocenters. The molecule has 0 amide bonds. The highest BCUT2D eigenvalue weighted by molar-refractivity contribution is 9.10. The van der Waals surface area contributed by atoms with E-state index in [0.717, 1.165) is 6.20 Å². The van der Waals surface area contributed by atoms with Crippen molar-refractivity contribution in [2.75, 3.05) is 0 Å². The summed E-state index contributed by atoms with van der Waals surface area (Å²) in [7, 11) is 0. The molecule has 1 aromatic carbocycles. The summed E-state index contributed by atoms with van der Waals surface area (Å²) in [5, 5.41) is 0.497. The van der Waals surface area contributed by atoms with E-state index in [1.807, 2.05) is 0 Å². The molecular formula is C12H6BrClFNO. The summed E-state index contributed by atoms with van der Waals surface area (Å²) < 4.78 is 14.0. The maximum atomic E-state index is 13.4. The molecule has 0 saturated carbocycles. The second-order valence-electron chi connectivity index (χ2n) is 3.31. The molecule has 0 saturated heterocycles. The van der Waals surface area contributed by atoms with E-state index in [2.05, 4.69) is 20.9 Å². The molecule has 2 rings (SSSR count). The second kappa shape index (κ2) is 4.94. The molecule has 0 unspecified atom stereocenters. The van der Waals surface area contributed by atoms with Crippen molar-refractivity contribution < 1.29 is 9.18 Å². The number of rotatable bonds is 2. The number of benzene rings is 1. The van der Waals surface area contributed by atoms with Gasteiger partial charge in [0.05, 0.1) is 16.8 Å². The summed E-state index contributed by atoms with van der Waals surface area (Å²) in [6.45, 7) is 0. The Labute approximate surface area is 111 Å². The molecule has 0 bridgehead atoms. The predicted octanol–water partition coefficient (Wildman–Crippen LogP) is 3.87. The molecule has 2 nitrogen and oxygen atoms in total. The van der Waals surface area contributed by atoms with Crippen molar-refractivity contribution in [3.8, 4) is 0 Å². The fourth-order valence-corrected chi connectivity index (χ4v) is 1.85. The van der Waals surface area contributed by atoms with Crippen LogP contribution in [0.1, 0.15) is 15.9 Å². The van der Waals surface area contributed by atoms with Gasteiger partial charge in [-0.05, 0) is 40.2 Å². The van der Waals surface area contributed by atoms with Gasteiger partial charge >= 0.3 is 0 Å². The van der Waals surface area contributed by atoms with Crippen LogP contribution >= 0.6 is 27.5 Å². The molecule has 0 radical (unpaired) electrons. The summed E-state index contributed by atoms with van der Waals surface area (Å²) in [4.78, 5) is 15.6. The van der Waals surface area contributed by atoms with Gasteiger partial charge in [0, 0.05) is 16.2 Å². The van der Waals surface area contributed by atoms with E-state index in [1.165, 1.54) is 12.3 Å². The van der Waals surface area contributed by atoms with Crippen LogP contribution < -0.4 is 0 Å². The van der Waals surface area contributed by atoms with E-state index in [4.69, 9.17) is 11.6 Å². The van der Waals surface area contributed by atoms with Gasteiger partial charge in [-0.2, -0.15) is 0 Å². The van der Waals surface area contributed by atoms with E-state index in [-0.39, 0.29) is 5.56 Å². The number of ketones is 1. The van der Waals surface area contributed by atoms with Gasteiger partial charge in [-0.15, -0.1) is 0 Å². The first-order valence-electron chi connectivity index (χ1n) is 4.69. The Morgan fingerprint density at radius 1 is 1.35 bits per heavy atom. The van der Waals surface area contributed by atoms with Crippen molar-refractivity contribution in [1.82, 2.24) is 4.98 Å². The lowest BCUT2D eigenvalue weighted by molar-refractivity contribution is 0.103. The summed E-state index contributed by atoms with van der Waals surface area (Å²) in [6, 6.07) is 6.04. The highest BCUT2D eigenvalue weighted by Gasteiger charge is 2.14. The standard InChI is InChI=1S/C12H6BrClFNO/c13-9-5-7(1-2-10(9)14)12(17)8-3-4-16-6-11(8)15/h1-6H. The normalized spacial score (nSPS) is 10.3. The summed E-state index contributed by atoms with van der Waals surface area (Å²) in [5.41, 5.74) is 0.362. The highest BCUT2D eigenvalue weighted by atomic mass is 79.9. The number of carbonyl (C=O) groups excluding carboxylic acids is 1. The number of nitrogens with zero attached hydrogens (tertiary/aromatic N) is 1. The van der Waals surface area contributed by atoms with Crippen molar-refractivity contribution >= 4 is 33.3 Å². The lowest BCUT2D eigenvalue weighted by Crippen LogP contribution is -2.04. The van der Waals surface area contributed by atoms with Crippen LogP contribution in [0.3, 0.4) is 0 Å². The molecule has 0 spiro atoms. The molecular weight excluding hydrogens is 308 g/mol. The van der Waals surface area contributed by atoms with Crippen LogP contribution in [-0.2, 0) is 0 Å². The topological polar surface area (TPSA) is 30.0 Å². The minimum atomic E-state index is -0.636. The van der Waals surface area contributed by atoms with Crippen molar-refractivity contribution in [3.63, 3.8) is 0 Å². The van der Waals surface area contributed by atoms with Gasteiger partial charge in [0.15, 0.2) is 11.6 Å². The van der Waals surface area contributed by atoms with E-state index in [9.17, 15) is 9.18 Å². The highest BCUT2D eigenvalue weighted by Crippen LogP contribution is 2.24. The Morgan fingerprint density at radius 3 is 2.76 bits per heavy atom. The van der Waals surface area contributed by atoms with Crippen molar-refractivity contribution in [2.24, 2.45) is 0 Å². The average molecular weight is 315 g/mol. The van der Waals surface area contributed by atoms with Gasteiger partial charge in [0.2, 0.25) is 0 Å². The molecule has 0 fully saturated rings. The van der Waals surface area contributed by atoms with Crippen LogP contribution in [0.4, 0.5) is 4.39 Å². The molecule has 1 heterocycles. The third-order valence-corrected chi connectivity index (χ3v) is 3.41. The first kappa shape index (κ1) is 12.2. The van der Waals surface area contributed by atoms with Crippen LogP contribution in [0, 0.1) is 5.82 Å². The zero-order valence-corrected chi connectivity index (χ0v) is 10.8. The third kappa shape index (κ3) is 2.53. The van der Waals surface area contributed by atoms with E-state index in [0.29, 0.717) is 15.1 Å². The molecule has 0 aliphatic rings. The van der Waals surface area contributed by atoms with Gasteiger partial charge in [-0.1, -0.05) is 11.6 Å². The Hall–Kier alpha value is -1.26. The third-order valence-electron chi connectivity index (χ3n) is 2.20. The number of hydrogen-bond acceptors (Lipinski definition) is 2. The quantitative estimate of drug-likeness (QED) is 0.788. The van der Waals surface area contributed by atoms with Gasteiger partial charge < -0.3 is 0 Å². The van der Waals surface area contributed by atoms with E-state index < -0.39 is 11.6 Å². The maximum Gasteiger partial charge on any atom is 0.196 e. The molecule has 1 aromatic heterocycles. The number of pyridine rings is 1. The van der Waals surface area contributed by atoms with Crippen LogP contribution in [-0.4, -0.2) is 10.8 Å². The van der Waals surface area contributed by atoms with Crippen LogP contribution in [0.2, 0.25) is 5.02 Å². The summed E-state index contributed by atoms with van der Waals surface area (Å²) in [5.74, 6) is -1.04. The number of aromatic nitrogens is 1. The number of carbonyl (C=O) groups is 1. The lowest BCUT2D eigenvalue weighted by atomic mass is 10.0. The molecule has 0 N–H and O–H groups in total. The Morgan fingerprint density at radius 2 is 2.12 bits per heavy atom. The number of halogens is 3. The molecule has 2 aromatic rings. The van der Waals surface area contributed by atoms with Gasteiger partial charge in [-0.3, -0.25) is 9.78 Å². The minimum Gasteiger partial charge on any atom is -0.288 e. The first-order valence-corrected chi connectivity index (χ1v) is 5.86. The fraction of sp³-hybridized carbons (Fsp3) is 0. The van der Waals surface area contributed by atoms with Crippen molar-refractivity contribution in [3.05, 3.63) is 63.1 Å². The summed E-state index contributed by atoms with van der Waals surface area (Å²) >= 11 is 9.04. The lowest BCUT2D eigenvalue weighted by Gasteiger charge is -2.03. The maximum absolute atomic E-state index is 13.4.